The number of hydrogen-bond acceptors (Lipinski definition) is 6. The molecule has 138 valence electrons. The highest BCUT2D eigenvalue weighted by atomic mass is 32.1. The van der Waals surface area contributed by atoms with Crippen molar-refractivity contribution in [2.45, 2.75) is 38.0 Å². The summed E-state index contributed by atoms with van der Waals surface area (Å²) in [5, 5.41) is 10.7. The third kappa shape index (κ3) is 2.77. The summed E-state index contributed by atoms with van der Waals surface area (Å²) in [4.78, 5) is 22.2. The summed E-state index contributed by atoms with van der Waals surface area (Å²) in [6, 6.07) is 10.2. The first-order valence-electron chi connectivity index (χ1n) is 9.39. The van der Waals surface area contributed by atoms with E-state index in [1.165, 1.54) is 0 Å². The molecule has 0 saturated carbocycles. The van der Waals surface area contributed by atoms with Crippen LogP contribution >= 0.6 is 11.3 Å². The minimum atomic E-state index is 0.0495. The minimum Gasteiger partial charge on any atom is -0.347 e. The molecular weight excluding hydrogens is 358 g/mol. The van der Waals surface area contributed by atoms with Gasteiger partial charge in [0.05, 0.1) is 5.69 Å². The largest absolute Gasteiger partial charge is 0.347 e. The number of aromatic amines is 1. The number of benzene rings is 1. The van der Waals surface area contributed by atoms with Gasteiger partial charge in [-0.1, -0.05) is 41.7 Å². The Morgan fingerprint density at radius 2 is 1.89 bits per heavy atom. The van der Waals surface area contributed by atoms with Gasteiger partial charge < -0.3 is 9.88 Å². The van der Waals surface area contributed by atoms with Gasteiger partial charge in [-0.3, -0.25) is 4.79 Å². The van der Waals surface area contributed by atoms with E-state index in [4.69, 9.17) is 4.98 Å². The summed E-state index contributed by atoms with van der Waals surface area (Å²) in [7, 11) is 0. The summed E-state index contributed by atoms with van der Waals surface area (Å²) in [5.74, 6) is 0.721. The van der Waals surface area contributed by atoms with E-state index >= 15 is 0 Å². The zero-order valence-corrected chi connectivity index (χ0v) is 16.1. The smallest absolute Gasteiger partial charge is 0.254 e. The number of hydrogen-bond donors (Lipinski definition) is 1. The SMILES string of the molecule is Cc1nc2c(c(=O)[nH]1)CCC21CCN(c2nnc(-c3ccccc3)s2)CC1. The molecule has 27 heavy (non-hydrogen) atoms. The first kappa shape index (κ1) is 16.6. The zero-order chi connectivity index (χ0) is 18.4. The molecule has 1 saturated heterocycles. The zero-order valence-electron chi connectivity index (χ0n) is 15.2. The van der Waals surface area contributed by atoms with Crippen molar-refractivity contribution in [1.29, 1.82) is 0 Å². The van der Waals surface area contributed by atoms with Gasteiger partial charge in [0.15, 0.2) is 0 Å². The Kier molecular flexibility index (Phi) is 3.86. The monoisotopic (exact) mass is 379 g/mol. The molecule has 7 heteroatoms. The number of nitrogens with zero attached hydrogens (tertiary/aromatic N) is 4. The molecule has 6 nitrogen and oxygen atoms in total. The molecule has 1 fully saturated rings. The van der Waals surface area contributed by atoms with Crippen LogP contribution in [0.15, 0.2) is 35.1 Å². The van der Waals surface area contributed by atoms with Gasteiger partial charge in [-0.15, -0.1) is 10.2 Å². The van der Waals surface area contributed by atoms with Crippen LogP contribution in [0, 0.1) is 6.92 Å². The van der Waals surface area contributed by atoms with Gasteiger partial charge in [0, 0.05) is 29.6 Å². The average Bonchev–Trinajstić information content (AvgIpc) is 3.30. The van der Waals surface area contributed by atoms with Gasteiger partial charge in [0.1, 0.15) is 10.8 Å². The standard InChI is InChI=1S/C20H21N5OS/c1-13-21-16-15(17(26)22-13)7-8-20(16)9-11-25(12-10-20)19-24-23-18(27-19)14-5-3-2-4-6-14/h2-6H,7-12H2,1H3,(H,21,22,26). The summed E-state index contributed by atoms with van der Waals surface area (Å²) < 4.78 is 0. The van der Waals surface area contributed by atoms with Crippen molar-refractivity contribution in [3.05, 3.63) is 57.8 Å². The number of piperidine rings is 1. The molecule has 1 N–H and O–H groups in total. The molecule has 1 aromatic carbocycles. The molecule has 1 aliphatic heterocycles. The van der Waals surface area contributed by atoms with Crippen LogP contribution < -0.4 is 10.5 Å². The van der Waals surface area contributed by atoms with Crippen LogP contribution in [-0.2, 0) is 11.8 Å². The van der Waals surface area contributed by atoms with Gasteiger partial charge in [-0.2, -0.15) is 0 Å². The third-order valence-electron chi connectivity index (χ3n) is 5.92. The van der Waals surface area contributed by atoms with E-state index in [1.807, 2.05) is 25.1 Å². The number of aryl methyl sites for hydroxylation is 1. The summed E-state index contributed by atoms with van der Waals surface area (Å²) in [6.07, 6.45) is 3.89. The molecule has 0 atom stereocenters. The van der Waals surface area contributed by atoms with Crippen molar-refractivity contribution in [3.63, 3.8) is 0 Å². The lowest BCUT2D eigenvalue weighted by atomic mass is 9.76. The van der Waals surface area contributed by atoms with E-state index in [1.54, 1.807) is 11.3 Å². The van der Waals surface area contributed by atoms with E-state index in [0.29, 0.717) is 0 Å². The second-order valence-corrected chi connectivity index (χ2v) is 8.46. The van der Waals surface area contributed by atoms with Gasteiger partial charge in [-0.25, -0.2) is 4.98 Å². The predicted octanol–water partition coefficient (Wildman–Crippen LogP) is 3.08. The highest BCUT2D eigenvalue weighted by Crippen LogP contribution is 2.45. The molecule has 3 heterocycles. The summed E-state index contributed by atoms with van der Waals surface area (Å²) in [6.45, 7) is 3.72. The van der Waals surface area contributed by atoms with E-state index in [2.05, 4.69) is 32.2 Å². The first-order chi connectivity index (χ1) is 13.1. The second-order valence-electron chi connectivity index (χ2n) is 7.50. The molecule has 1 aliphatic carbocycles. The van der Waals surface area contributed by atoms with Crippen LogP contribution in [0.1, 0.15) is 36.3 Å². The Labute approximate surface area is 161 Å². The van der Waals surface area contributed by atoms with Gasteiger partial charge in [0.2, 0.25) is 5.13 Å². The fraction of sp³-hybridized carbons (Fsp3) is 0.400. The van der Waals surface area contributed by atoms with Crippen molar-refractivity contribution in [2.24, 2.45) is 0 Å². The van der Waals surface area contributed by atoms with E-state index in [0.717, 1.165) is 71.6 Å². The molecule has 5 rings (SSSR count). The molecule has 1 spiro atoms. The van der Waals surface area contributed by atoms with Gasteiger partial charge in [-0.05, 0) is 32.6 Å². The summed E-state index contributed by atoms with van der Waals surface area (Å²) in [5.41, 5.74) is 3.16. The topological polar surface area (TPSA) is 74.8 Å². The number of fused-ring (bicyclic) bond motifs is 2. The number of aromatic nitrogens is 4. The Bertz CT molecular complexity index is 1030. The first-order valence-corrected chi connectivity index (χ1v) is 10.2. The van der Waals surface area contributed by atoms with Crippen LogP contribution in [0.25, 0.3) is 10.6 Å². The lowest BCUT2D eigenvalue weighted by Crippen LogP contribution is -2.42. The maximum atomic E-state index is 12.3. The number of nitrogens with one attached hydrogen (secondary N) is 1. The highest BCUT2D eigenvalue weighted by molar-refractivity contribution is 7.18. The van der Waals surface area contributed by atoms with Crippen LogP contribution in [0.2, 0.25) is 0 Å². The number of anilines is 1. The molecule has 0 bridgehead atoms. The number of H-pyrrole nitrogens is 1. The maximum Gasteiger partial charge on any atom is 0.254 e. The van der Waals surface area contributed by atoms with Crippen molar-refractivity contribution < 1.29 is 0 Å². The number of rotatable bonds is 2. The van der Waals surface area contributed by atoms with Crippen LogP contribution in [0.4, 0.5) is 5.13 Å². The fourth-order valence-electron chi connectivity index (χ4n) is 4.42. The average molecular weight is 379 g/mol. The fourth-order valence-corrected chi connectivity index (χ4v) is 5.32. The van der Waals surface area contributed by atoms with E-state index in [9.17, 15) is 4.79 Å². The molecule has 2 aliphatic rings. The van der Waals surface area contributed by atoms with Crippen LogP contribution in [0.3, 0.4) is 0 Å². The van der Waals surface area contributed by atoms with Crippen LogP contribution in [0.5, 0.6) is 0 Å². The van der Waals surface area contributed by atoms with Gasteiger partial charge in [0.25, 0.3) is 5.56 Å². The molecule has 3 aromatic rings. The van der Waals surface area contributed by atoms with E-state index in [-0.39, 0.29) is 11.0 Å². The molecule has 0 unspecified atom stereocenters. The van der Waals surface area contributed by atoms with Crippen molar-refractivity contribution in [3.8, 4) is 10.6 Å². The Morgan fingerprint density at radius 1 is 1.11 bits per heavy atom. The minimum absolute atomic E-state index is 0.0495. The third-order valence-corrected chi connectivity index (χ3v) is 6.95. The lowest BCUT2D eigenvalue weighted by Gasteiger charge is -2.39. The van der Waals surface area contributed by atoms with Crippen molar-refractivity contribution in [2.75, 3.05) is 18.0 Å². The lowest BCUT2D eigenvalue weighted by molar-refractivity contribution is 0.322. The molecule has 0 amide bonds. The normalized spacial score (nSPS) is 18.0. The van der Waals surface area contributed by atoms with Crippen LogP contribution in [-0.4, -0.2) is 33.3 Å². The summed E-state index contributed by atoms with van der Waals surface area (Å²) >= 11 is 1.65. The molecule has 2 aromatic heterocycles. The Balaban J connectivity index is 1.37. The Morgan fingerprint density at radius 3 is 2.67 bits per heavy atom. The van der Waals surface area contributed by atoms with E-state index < -0.39 is 0 Å². The van der Waals surface area contributed by atoms with Crippen molar-refractivity contribution in [1.82, 2.24) is 20.2 Å². The van der Waals surface area contributed by atoms with Gasteiger partial charge >= 0.3 is 0 Å². The second kappa shape index (κ2) is 6.27. The molecular formula is C20H21N5OS. The Hall–Kier alpha value is -2.54. The van der Waals surface area contributed by atoms with Crippen molar-refractivity contribution >= 4 is 16.5 Å². The predicted molar refractivity (Wildman–Crippen MR) is 106 cm³/mol. The highest BCUT2D eigenvalue weighted by Gasteiger charge is 2.44. The maximum absolute atomic E-state index is 12.3. The quantitative estimate of drug-likeness (QED) is 0.741. The molecule has 0 radical (unpaired) electrons.